The molecule has 3 fully saturated rings. The van der Waals surface area contributed by atoms with Gasteiger partial charge in [-0.05, 0) is 36.2 Å². The van der Waals surface area contributed by atoms with Crippen LogP contribution in [-0.4, -0.2) is 47.4 Å². The summed E-state index contributed by atoms with van der Waals surface area (Å²) in [5.74, 6) is -1.61. The SMILES string of the molecule is CC(=O)O[C@H]1C=C2C(=O)OC[C@@]2(O)[C@]2(C)C[C@H](OC(C)=O)[C@H]3C(C)(C)CCC[C@]3(C)[C@@H]12. The van der Waals surface area contributed by atoms with Gasteiger partial charge in [-0.3, -0.25) is 9.59 Å². The molecule has 1 aliphatic heterocycles. The quantitative estimate of drug-likeness (QED) is 0.527. The lowest BCUT2D eigenvalue weighted by atomic mass is 9.38. The Bertz CT molecular complexity index is 860. The summed E-state index contributed by atoms with van der Waals surface area (Å²) >= 11 is 0. The van der Waals surface area contributed by atoms with Crippen molar-refractivity contribution < 1.29 is 33.7 Å². The Morgan fingerprint density at radius 1 is 1.06 bits per heavy atom. The van der Waals surface area contributed by atoms with E-state index >= 15 is 0 Å². The maximum absolute atomic E-state index is 12.5. The molecule has 0 spiro atoms. The smallest absolute Gasteiger partial charge is 0.337 e. The van der Waals surface area contributed by atoms with Crippen LogP contribution in [0.5, 0.6) is 0 Å². The first-order valence-electron chi connectivity index (χ1n) is 11.2. The zero-order valence-electron chi connectivity index (χ0n) is 19.3. The zero-order chi connectivity index (χ0) is 23.0. The second-order valence-corrected chi connectivity index (χ2v) is 11.2. The summed E-state index contributed by atoms with van der Waals surface area (Å²) < 4.78 is 17.0. The molecule has 0 aromatic rings. The van der Waals surface area contributed by atoms with Crippen LogP contribution in [-0.2, 0) is 28.6 Å². The van der Waals surface area contributed by atoms with Gasteiger partial charge >= 0.3 is 17.9 Å². The normalized spacial score (nSPS) is 45.4. The van der Waals surface area contributed by atoms with Gasteiger partial charge in [-0.2, -0.15) is 0 Å². The molecule has 4 aliphatic rings. The Morgan fingerprint density at radius 3 is 2.32 bits per heavy atom. The second-order valence-electron chi connectivity index (χ2n) is 11.2. The van der Waals surface area contributed by atoms with Crippen molar-refractivity contribution >= 4 is 17.9 Å². The van der Waals surface area contributed by atoms with Crippen molar-refractivity contribution in [1.29, 1.82) is 0 Å². The lowest BCUT2D eigenvalue weighted by Crippen LogP contribution is -2.71. The van der Waals surface area contributed by atoms with Crippen molar-refractivity contribution in [2.75, 3.05) is 6.61 Å². The Balaban J connectivity index is 1.94. The molecule has 1 N–H and O–H groups in total. The van der Waals surface area contributed by atoms with Crippen molar-refractivity contribution in [2.45, 2.75) is 85.0 Å². The van der Waals surface area contributed by atoms with Crippen molar-refractivity contribution in [1.82, 2.24) is 0 Å². The summed E-state index contributed by atoms with van der Waals surface area (Å²) in [5, 5.41) is 11.9. The van der Waals surface area contributed by atoms with Crippen LogP contribution in [0.4, 0.5) is 0 Å². The molecule has 3 aliphatic carbocycles. The minimum atomic E-state index is -1.53. The molecule has 172 valence electrons. The highest BCUT2D eigenvalue weighted by Crippen LogP contribution is 2.70. The molecule has 4 rings (SSSR count). The van der Waals surface area contributed by atoms with Gasteiger partial charge in [0.1, 0.15) is 24.4 Å². The van der Waals surface area contributed by atoms with E-state index in [1.54, 1.807) is 6.08 Å². The molecule has 7 heteroatoms. The van der Waals surface area contributed by atoms with E-state index in [1.807, 2.05) is 6.92 Å². The molecule has 0 radical (unpaired) electrons. The van der Waals surface area contributed by atoms with Gasteiger partial charge in [0.05, 0.1) is 5.57 Å². The highest BCUT2D eigenvalue weighted by atomic mass is 16.6. The van der Waals surface area contributed by atoms with Gasteiger partial charge in [0.15, 0.2) is 0 Å². The number of cyclic esters (lactones) is 1. The van der Waals surface area contributed by atoms with Gasteiger partial charge in [-0.25, -0.2) is 4.79 Å². The fourth-order valence-electron chi connectivity index (χ4n) is 8.01. The molecule has 1 saturated heterocycles. The van der Waals surface area contributed by atoms with Crippen LogP contribution < -0.4 is 0 Å². The number of hydrogen-bond acceptors (Lipinski definition) is 7. The highest BCUT2D eigenvalue weighted by molar-refractivity contribution is 5.94. The van der Waals surface area contributed by atoms with Crippen LogP contribution in [0.15, 0.2) is 11.6 Å². The molecule has 7 nitrogen and oxygen atoms in total. The summed E-state index contributed by atoms with van der Waals surface area (Å²) in [6.45, 7) is 11.1. The van der Waals surface area contributed by atoms with Crippen molar-refractivity contribution in [3.8, 4) is 0 Å². The molecule has 1 heterocycles. The fourth-order valence-corrected chi connectivity index (χ4v) is 8.01. The Hall–Kier alpha value is -1.89. The summed E-state index contributed by atoms with van der Waals surface area (Å²) in [6.07, 6.45) is 3.73. The number of carbonyl (C=O) groups is 3. The van der Waals surface area contributed by atoms with E-state index in [0.717, 1.165) is 19.3 Å². The zero-order valence-corrected chi connectivity index (χ0v) is 19.3. The number of hydrogen-bond donors (Lipinski definition) is 1. The third-order valence-electron chi connectivity index (χ3n) is 8.78. The second kappa shape index (κ2) is 6.80. The van der Waals surface area contributed by atoms with Crippen molar-refractivity contribution in [2.24, 2.45) is 28.1 Å². The highest BCUT2D eigenvalue weighted by Gasteiger charge is 2.73. The van der Waals surface area contributed by atoms with Gasteiger partial charge < -0.3 is 19.3 Å². The number of ether oxygens (including phenoxy) is 3. The number of carbonyl (C=O) groups excluding carboxylic acids is 3. The summed E-state index contributed by atoms with van der Waals surface area (Å²) in [4.78, 5) is 36.6. The fraction of sp³-hybridized carbons (Fsp3) is 0.792. The first-order valence-corrected chi connectivity index (χ1v) is 11.2. The maximum atomic E-state index is 12.5. The molecule has 2 saturated carbocycles. The summed E-state index contributed by atoms with van der Waals surface area (Å²) in [7, 11) is 0. The van der Waals surface area contributed by atoms with Gasteiger partial charge in [0, 0.05) is 31.1 Å². The van der Waals surface area contributed by atoms with E-state index in [4.69, 9.17) is 14.2 Å². The molecule has 0 aromatic carbocycles. The average Bonchev–Trinajstić information content (AvgIpc) is 2.89. The standard InChI is InChI=1S/C24H34O7/c1-13(25)30-16-10-15-20(27)29-12-24(15,28)23(6)11-17(31-14(2)26)18-21(3,4)8-7-9-22(18,5)19(16)23/h10,16-19,28H,7-9,11-12H2,1-6H3/t16-,17-,18-,19+,22-,23+,24-/m0/s1. The molecule has 0 unspecified atom stereocenters. The van der Waals surface area contributed by atoms with Gasteiger partial charge in [0.25, 0.3) is 0 Å². The van der Waals surface area contributed by atoms with E-state index in [2.05, 4.69) is 20.8 Å². The number of esters is 3. The minimum Gasteiger partial charge on any atom is -0.462 e. The first kappa shape index (κ1) is 22.3. The van der Waals surface area contributed by atoms with Crippen LogP contribution >= 0.6 is 0 Å². The largest absolute Gasteiger partial charge is 0.462 e. The summed E-state index contributed by atoms with van der Waals surface area (Å²) in [5.41, 5.74) is -2.76. The molecule has 31 heavy (non-hydrogen) atoms. The van der Waals surface area contributed by atoms with E-state index < -0.39 is 40.6 Å². The van der Waals surface area contributed by atoms with E-state index in [1.165, 1.54) is 13.8 Å². The molecular weight excluding hydrogens is 400 g/mol. The molecule has 7 atom stereocenters. The Morgan fingerprint density at radius 2 is 1.71 bits per heavy atom. The monoisotopic (exact) mass is 434 g/mol. The van der Waals surface area contributed by atoms with Gasteiger partial charge in [-0.15, -0.1) is 0 Å². The maximum Gasteiger partial charge on any atom is 0.337 e. The van der Waals surface area contributed by atoms with Crippen LogP contribution in [0.25, 0.3) is 0 Å². The Kier molecular flexibility index (Phi) is 4.90. The average molecular weight is 435 g/mol. The minimum absolute atomic E-state index is 0.0188. The van der Waals surface area contributed by atoms with Crippen LogP contribution in [0.3, 0.4) is 0 Å². The van der Waals surface area contributed by atoms with Crippen LogP contribution in [0.1, 0.15) is 67.2 Å². The van der Waals surface area contributed by atoms with Gasteiger partial charge in [0.2, 0.25) is 0 Å². The van der Waals surface area contributed by atoms with E-state index in [0.29, 0.717) is 6.42 Å². The molecule has 0 aromatic heterocycles. The lowest BCUT2D eigenvalue weighted by Gasteiger charge is -2.68. The van der Waals surface area contributed by atoms with E-state index in [-0.39, 0.29) is 35.4 Å². The molecule has 0 bridgehead atoms. The third-order valence-corrected chi connectivity index (χ3v) is 8.78. The predicted octanol–water partition coefficient (Wildman–Crippen LogP) is 2.94. The predicted molar refractivity (Wildman–Crippen MR) is 111 cm³/mol. The van der Waals surface area contributed by atoms with E-state index in [9.17, 15) is 19.5 Å². The molecule has 0 amide bonds. The first-order chi connectivity index (χ1) is 14.3. The van der Waals surface area contributed by atoms with Crippen LogP contribution in [0.2, 0.25) is 0 Å². The lowest BCUT2D eigenvalue weighted by molar-refractivity contribution is -0.258. The number of rotatable bonds is 2. The topological polar surface area (TPSA) is 99.1 Å². The van der Waals surface area contributed by atoms with Crippen molar-refractivity contribution in [3.05, 3.63) is 11.6 Å². The van der Waals surface area contributed by atoms with Crippen molar-refractivity contribution in [3.63, 3.8) is 0 Å². The molecular formula is C24H34O7. The number of fused-ring (bicyclic) bond motifs is 5. The number of aliphatic hydroxyl groups is 1. The van der Waals surface area contributed by atoms with Crippen LogP contribution in [0, 0.1) is 28.1 Å². The Labute approximate surface area is 183 Å². The third kappa shape index (κ3) is 2.99. The van der Waals surface area contributed by atoms with Gasteiger partial charge in [-0.1, -0.05) is 34.1 Å². The summed E-state index contributed by atoms with van der Waals surface area (Å²) in [6, 6.07) is 0.